The number of carbonyl (C=O) groups is 1. The molecule has 0 aromatic heterocycles. The number of cyclic esters (lactones) is 1. The zero-order chi connectivity index (χ0) is 18.7. The van der Waals surface area contributed by atoms with Crippen LogP contribution in [0.4, 0.5) is 20.6 Å². The van der Waals surface area contributed by atoms with Crippen LogP contribution in [0.5, 0.6) is 0 Å². The molecule has 2 saturated heterocycles. The lowest BCUT2D eigenvalue weighted by Gasteiger charge is -2.29. The molecule has 0 bridgehead atoms. The Bertz CT molecular complexity index is 684. The predicted octanol–water partition coefficient (Wildman–Crippen LogP) is 1.42. The number of ether oxygens (including phenoxy) is 2. The summed E-state index contributed by atoms with van der Waals surface area (Å²) < 4.78 is 25.3. The third-order valence-corrected chi connectivity index (χ3v) is 5.02. The Hall–Kier alpha value is -2.13. The number of carbonyl (C=O) groups excluding carboxylic acids is 1. The van der Waals surface area contributed by atoms with E-state index in [1.54, 1.807) is 24.1 Å². The topological polar surface area (TPSA) is 57.3 Å². The molecule has 0 spiro atoms. The first-order valence-corrected chi connectivity index (χ1v) is 8.93. The van der Waals surface area contributed by atoms with Crippen molar-refractivity contribution in [1.82, 2.24) is 10.2 Å². The quantitative estimate of drug-likeness (QED) is 0.791. The van der Waals surface area contributed by atoms with Gasteiger partial charge in [-0.2, -0.15) is 0 Å². The number of nitrogens with zero attached hydrogens (tertiary/aromatic N) is 3. The van der Waals surface area contributed by atoms with Crippen molar-refractivity contribution in [3.63, 3.8) is 0 Å². The Labute approximate surface area is 157 Å². The van der Waals surface area contributed by atoms with E-state index in [4.69, 9.17) is 21.7 Å². The van der Waals surface area contributed by atoms with E-state index in [1.165, 1.54) is 11.0 Å². The van der Waals surface area contributed by atoms with Crippen LogP contribution in [0.25, 0.3) is 0 Å². The van der Waals surface area contributed by atoms with Gasteiger partial charge in [0.25, 0.3) is 0 Å². The van der Waals surface area contributed by atoms with E-state index in [-0.39, 0.29) is 11.9 Å². The highest BCUT2D eigenvalue weighted by atomic mass is 32.1. The van der Waals surface area contributed by atoms with E-state index >= 15 is 0 Å². The molecule has 1 N–H and O–H groups in total. The van der Waals surface area contributed by atoms with E-state index in [1.807, 2.05) is 11.9 Å². The summed E-state index contributed by atoms with van der Waals surface area (Å²) >= 11 is 5.16. The highest BCUT2D eigenvalue weighted by Crippen LogP contribution is 2.28. The van der Waals surface area contributed by atoms with Gasteiger partial charge >= 0.3 is 6.09 Å². The predicted molar refractivity (Wildman–Crippen MR) is 101 cm³/mol. The molecule has 0 radical (unpaired) electrons. The van der Waals surface area contributed by atoms with Crippen molar-refractivity contribution in [2.45, 2.75) is 6.10 Å². The van der Waals surface area contributed by atoms with Crippen molar-refractivity contribution in [3.8, 4) is 0 Å². The lowest BCUT2D eigenvalue weighted by Crippen LogP contribution is -2.40. The lowest BCUT2D eigenvalue weighted by molar-refractivity contribution is 0.122. The number of rotatable bonds is 4. The Balaban J connectivity index is 1.68. The van der Waals surface area contributed by atoms with Crippen molar-refractivity contribution in [2.75, 3.05) is 63.3 Å². The Kier molecular flexibility index (Phi) is 5.77. The second kappa shape index (κ2) is 8.05. The fraction of sp³-hybridized carbons (Fsp3) is 0.529. The number of morpholine rings is 1. The fourth-order valence-electron chi connectivity index (χ4n) is 3.13. The SMILES string of the molecule is CNC(=S)N(C)C[C@@H]1CN(c2ccc(N3CCOCC3)c(F)c2)C(=O)O1. The molecule has 142 valence electrons. The molecule has 1 aromatic rings. The monoisotopic (exact) mass is 382 g/mol. The normalized spacial score (nSPS) is 20.1. The number of hydrogen-bond acceptors (Lipinski definition) is 5. The van der Waals surface area contributed by atoms with Crippen LogP contribution in [0.15, 0.2) is 18.2 Å². The van der Waals surface area contributed by atoms with Gasteiger partial charge in [0.15, 0.2) is 5.11 Å². The van der Waals surface area contributed by atoms with Crippen LogP contribution in [0, 0.1) is 5.82 Å². The molecule has 2 fully saturated rings. The van der Waals surface area contributed by atoms with Crippen molar-refractivity contribution < 1.29 is 18.7 Å². The van der Waals surface area contributed by atoms with E-state index < -0.39 is 6.09 Å². The number of halogens is 1. The van der Waals surface area contributed by atoms with Crippen LogP contribution in [-0.2, 0) is 9.47 Å². The number of benzene rings is 1. The zero-order valence-corrected chi connectivity index (χ0v) is 15.7. The average molecular weight is 382 g/mol. The van der Waals surface area contributed by atoms with Crippen LogP contribution in [0.1, 0.15) is 0 Å². The summed E-state index contributed by atoms with van der Waals surface area (Å²) in [5.74, 6) is -0.353. The zero-order valence-electron chi connectivity index (χ0n) is 14.9. The molecule has 9 heteroatoms. The number of anilines is 2. The minimum Gasteiger partial charge on any atom is -0.442 e. The van der Waals surface area contributed by atoms with Gasteiger partial charge in [-0.3, -0.25) is 4.90 Å². The summed E-state index contributed by atoms with van der Waals surface area (Å²) in [5, 5.41) is 3.45. The van der Waals surface area contributed by atoms with Gasteiger partial charge in [-0.05, 0) is 30.4 Å². The molecule has 26 heavy (non-hydrogen) atoms. The van der Waals surface area contributed by atoms with Gasteiger partial charge in [0.05, 0.1) is 37.7 Å². The summed E-state index contributed by atoms with van der Waals surface area (Å²) in [6.07, 6.45) is -0.807. The molecule has 1 aromatic carbocycles. The summed E-state index contributed by atoms with van der Waals surface area (Å²) in [4.78, 5) is 17.4. The van der Waals surface area contributed by atoms with Gasteiger partial charge in [0.2, 0.25) is 0 Å². The minimum atomic E-state index is -0.475. The molecule has 1 amide bonds. The Morgan fingerprint density at radius 3 is 2.81 bits per heavy atom. The number of likely N-dealkylation sites (N-methyl/N-ethyl adjacent to an activating group) is 1. The van der Waals surface area contributed by atoms with Gasteiger partial charge in [0, 0.05) is 27.2 Å². The van der Waals surface area contributed by atoms with Gasteiger partial charge in [-0.1, -0.05) is 0 Å². The maximum atomic E-state index is 14.6. The van der Waals surface area contributed by atoms with E-state index in [2.05, 4.69) is 5.32 Å². The largest absolute Gasteiger partial charge is 0.442 e. The maximum Gasteiger partial charge on any atom is 0.414 e. The Morgan fingerprint density at radius 1 is 1.42 bits per heavy atom. The van der Waals surface area contributed by atoms with Gasteiger partial charge in [0.1, 0.15) is 11.9 Å². The van der Waals surface area contributed by atoms with Crippen LogP contribution in [0.3, 0.4) is 0 Å². The molecule has 2 heterocycles. The molecular formula is C17H23FN4O3S. The van der Waals surface area contributed by atoms with E-state index in [0.29, 0.717) is 55.9 Å². The first-order chi connectivity index (χ1) is 12.5. The van der Waals surface area contributed by atoms with Crippen molar-refractivity contribution in [2.24, 2.45) is 0 Å². The van der Waals surface area contributed by atoms with Crippen LogP contribution < -0.4 is 15.1 Å². The molecular weight excluding hydrogens is 359 g/mol. The molecule has 0 unspecified atom stereocenters. The smallest absolute Gasteiger partial charge is 0.414 e. The molecule has 2 aliphatic heterocycles. The second-order valence-electron chi connectivity index (χ2n) is 6.29. The van der Waals surface area contributed by atoms with Crippen LogP contribution >= 0.6 is 12.2 Å². The minimum absolute atomic E-state index is 0.333. The van der Waals surface area contributed by atoms with E-state index in [9.17, 15) is 9.18 Å². The third kappa shape index (κ3) is 3.99. The van der Waals surface area contributed by atoms with Gasteiger partial charge < -0.3 is 24.6 Å². The lowest BCUT2D eigenvalue weighted by atomic mass is 10.2. The number of thiocarbonyl (C=S) groups is 1. The van der Waals surface area contributed by atoms with Crippen molar-refractivity contribution in [1.29, 1.82) is 0 Å². The van der Waals surface area contributed by atoms with Crippen LogP contribution in [0.2, 0.25) is 0 Å². The highest BCUT2D eigenvalue weighted by Gasteiger charge is 2.33. The van der Waals surface area contributed by atoms with Crippen LogP contribution in [-0.4, -0.2) is 75.7 Å². The van der Waals surface area contributed by atoms with Crippen molar-refractivity contribution in [3.05, 3.63) is 24.0 Å². The first kappa shape index (κ1) is 18.7. The summed E-state index contributed by atoms with van der Waals surface area (Å²) in [5.41, 5.74) is 1.02. The molecule has 1 atom stereocenters. The number of nitrogens with one attached hydrogen (secondary N) is 1. The fourth-order valence-corrected chi connectivity index (χ4v) is 3.21. The molecule has 2 aliphatic rings. The third-order valence-electron chi connectivity index (χ3n) is 4.51. The summed E-state index contributed by atoms with van der Waals surface area (Å²) in [6.45, 7) is 3.30. The number of amides is 1. The summed E-state index contributed by atoms with van der Waals surface area (Å²) in [6, 6.07) is 4.84. The molecule has 0 aliphatic carbocycles. The molecule has 3 rings (SSSR count). The number of hydrogen-bond donors (Lipinski definition) is 1. The standard InChI is InChI=1S/C17H23FN4O3S/c1-19-16(26)20(2)10-13-11-22(17(23)25-13)12-3-4-15(14(18)9-12)21-5-7-24-8-6-21/h3-4,9,13H,5-8,10-11H2,1-2H3,(H,19,26)/t13-/m1/s1. The first-order valence-electron chi connectivity index (χ1n) is 8.53. The Morgan fingerprint density at radius 2 is 2.15 bits per heavy atom. The molecule has 7 nitrogen and oxygen atoms in total. The second-order valence-corrected chi connectivity index (χ2v) is 6.67. The van der Waals surface area contributed by atoms with Gasteiger partial charge in [-0.25, -0.2) is 9.18 Å². The van der Waals surface area contributed by atoms with Gasteiger partial charge in [-0.15, -0.1) is 0 Å². The average Bonchev–Trinajstić information content (AvgIpc) is 3.01. The highest BCUT2D eigenvalue weighted by molar-refractivity contribution is 7.80. The van der Waals surface area contributed by atoms with Crippen molar-refractivity contribution >= 4 is 34.8 Å². The maximum absolute atomic E-state index is 14.6. The van der Waals surface area contributed by atoms with E-state index in [0.717, 1.165) is 0 Å². The molecule has 0 saturated carbocycles. The summed E-state index contributed by atoms with van der Waals surface area (Å²) in [7, 11) is 3.57.